The smallest absolute Gasteiger partial charge is 0.223 e. The van der Waals surface area contributed by atoms with E-state index in [9.17, 15) is 0 Å². The third-order valence-corrected chi connectivity index (χ3v) is 2.67. The van der Waals surface area contributed by atoms with E-state index in [0.717, 1.165) is 17.7 Å². The van der Waals surface area contributed by atoms with Crippen LogP contribution >= 0.6 is 11.6 Å². The summed E-state index contributed by atoms with van der Waals surface area (Å²) in [6.45, 7) is 2.17. The molecule has 0 aliphatic heterocycles. The lowest BCUT2D eigenvalue weighted by Gasteiger charge is -2.13. The molecular formula is C12H13ClN2O. The first-order valence-electron chi connectivity index (χ1n) is 5.16. The average Bonchev–Trinajstić information content (AvgIpc) is 2.29. The van der Waals surface area contributed by atoms with Crippen LogP contribution in [-0.4, -0.2) is 17.1 Å². The van der Waals surface area contributed by atoms with Gasteiger partial charge in [-0.05, 0) is 23.9 Å². The lowest BCUT2D eigenvalue weighted by Crippen LogP contribution is -2.00. The zero-order valence-corrected chi connectivity index (χ0v) is 10.0. The second-order valence-electron chi connectivity index (χ2n) is 3.79. The van der Waals surface area contributed by atoms with Crippen molar-refractivity contribution < 1.29 is 4.74 Å². The molecule has 0 aromatic carbocycles. The Morgan fingerprint density at radius 3 is 3.00 bits per heavy atom. The van der Waals surface area contributed by atoms with E-state index in [1.54, 1.807) is 13.3 Å². The molecule has 0 radical (unpaired) electrons. The van der Waals surface area contributed by atoms with Gasteiger partial charge in [0.25, 0.3) is 0 Å². The normalized spacial score (nSPS) is 19.4. The summed E-state index contributed by atoms with van der Waals surface area (Å²) in [5, 5.41) is 0.239. The number of halogens is 1. The molecule has 2 rings (SSSR count). The summed E-state index contributed by atoms with van der Waals surface area (Å²) in [6, 6.07) is 0. The number of nitrogens with zero attached hydrogens (tertiary/aromatic N) is 2. The SMILES string of the molecule is COc1cnc(Cl)nc1C1=CC(C)CC=C1. The van der Waals surface area contributed by atoms with E-state index in [1.165, 1.54) is 0 Å². The molecule has 1 aromatic heterocycles. The van der Waals surface area contributed by atoms with Gasteiger partial charge in [-0.15, -0.1) is 0 Å². The van der Waals surface area contributed by atoms with E-state index in [-0.39, 0.29) is 5.28 Å². The van der Waals surface area contributed by atoms with Gasteiger partial charge in [-0.3, -0.25) is 0 Å². The molecule has 0 saturated carbocycles. The standard InChI is InChI=1S/C12H13ClN2O/c1-8-4-3-5-9(6-8)11-10(16-2)7-14-12(13)15-11/h3,5-8H,4H2,1-2H3. The first-order chi connectivity index (χ1) is 7.70. The Balaban J connectivity index is 2.46. The van der Waals surface area contributed by atoms with Crippen molar-refractivity contribution in [3.8, 4) is 5.75 Å². The first kappa shape index (κ1) is 11.1. The summed E-state index contributed by atoms with van der Waals surface area (Å²) in [6.07, 6.45) is 9.00. The van der Waals surface area contributed by atoms with E-state index < -0.39 is 0 Å². The highest BCUT2D eigenvalue weighted by Gasteiger charge is 2.13. The zero-order chi connectivity index (χ0) is 11.5. The van der Waals surface area contributed by atoms with E-state index in [4.69, 9.17) is 16.3 Å². The Kier molecular flexibility index (Phi) is 3.25. The molecule has 1 aromatic rings. The van der Waals surface area contributed by atoms with E-state index in [2.05, 4.69) is 29.0 Å². The molecule has 84 valence electrons. The summed E-state index contributed by atoms with van der Waals surface area (Å²) in [5.74, 6) is 1.16. The van der Waals surface area contributed by atoms with Crippen molar-refractivity contribution in [1.29, 1.82) is 0 Å². The lowest BCUT2D eigenvalue weighted by atomic mass is 9.96. The van der Waals surface area contributed by atoms with Crippen molar-refractivity contribution in [3.05, 3.63) is 35.4 Å². The number of hydrogen-bond donors (Lipinski definition) is 0. The van der Waals surface area contributed by atoms with Crippen LogP contribution in [0.15, 0.2) is 24.4 Å². The summed E-state index contributed by atoms with van der Waals surface area (Å²) in [5.41, 5.74) is 1.80. The second-order valence-corrected chi connectivity index (χ2v) is 4.13. The molecule has 0 N–H and O–H groups in total. The molecule has 1 aliphatic carbocycles. The summed E-state index contributed by atoms with van der Waals surface area (Å²) >= 11 is 5.80. The van der Waals surface area contributed by atoms with Crippen LogP contribution in [0.5, 0.6) is 5.75 Å². The van der Waals surface area contributed by atoms with Gasteiger partial charge in [0.15, 0.2) is 5.75 Å². The van der Waals surface area contributed by atoms with Gasteiger partial charge in [0.2, 0.25) is 5.28 Å². The number of ether oxygens (including phenoxy) is 1. The highest BCUT2D eigenvalue weighted by atomic mass is 35.5. The number of hydrogen-bond acceptors (Lipinski definition) is 3. The summed E-state index contributed by atoms with van der Waals surface area (Å²) in [4.78, 5) is 8.11. The highest BCUT2D eigenvalue weighted by Crippen LogP contribution is 2.29. The van der Waals surface area contributed by atoms with Crippen molar-refractivity contribution in [2.45, 2.75) is 13.3 Å². The maximum absolute atomic E-state index is 5.80. The minimum Gasteiger partial charge on any atom is -0.493 e. The fourth-order valence-electron chi connectivity index (χ4n) is 1.70. The molecule has 1 heterocycles. The molecule has 0 spiro atoms. The molecule has 0 amide bonds. The topological polar surface area (TPSA) is 35.0 Å². The molecule has 0 fully saturated rings. The summed E-state index contributed by atoms with van der Waals surface area (Å²) < 4.78 is 5.23. The largest absolute Gasteiger partial charge is 0.493 e. The van der Waals surface area contributed by atoms with Crippen LogP contribution in [0.3, 0.4) is 0 Å². The fraction of sp³-hybridized carbons (Fsp3) is 0.333. The third kappa shape index (κ3) is 2.25. The predicted octanol–water partition coefficient (Wildman–Crippen LogP) is 3.12. The third-order valence-electron chi connectivity index (χ3n) is 2.49. The molecule has 1 atom stereocenters. The second kappa shape index (κ2) is 4.66. The van der Waals surface area contributed by atoms with E-state index in [1.807, 2.05) is 6.08 Å². The van der Waals surface area contributed by atoms with Gasteiger partial charge in [-0.1, -0.05) is 25.2 Å². The van der Waals surface area contributed by atoms with Gasteiger partial charge in [0.1, 0.15) is 5.69 Å². The van der Waals surface area contributed by atoms with Crippen molar-refractivity contribution in [2.75, 3.05) is 7.11 Å². The Labute approximate surface area is 99.8 Å². The average molecular weight is 237 g/mol. The van der Waals surface area contributed by atoms with Crippen LogP contribution in [0.4, 0.5) is 0 Å². The van der Waals surface area contributed by atoms with Crippen LogP contribution in [0.2, 0.25) is 5.28 Å². The fourth-order valence-corrected chi connectivity index (χ4v) is 1.84. The number of aromatic nitrogens is 2. The van der Waals surface area contributed by atoms with Crippen LogP contribution in [0.25, 0.3) is 5.57 Å². The van der Waals surface area contributed by atoms with Gasteiger partial charge in [-0.2, -0.15) is 0 Å². The monoisotopic (exact) mass is 236 g/mol. The number of rotatable bonds is 2. The Bertz CT molecular complexity index is 454. The Hall–Kier alpha value is -1.35. The van der Waals surface area contributed by atoms with Gasteiger partial charge in [0, 0.05) is 5.57 Å². The maximum Gasteiger partial charge on any atom is 0.223 e. The summed E-state index contributed by atoms with van der Waals surface area (Å²) in [7, 11) is 1.60. The maximum atomic E-state index is 5.80. The first-order valence-corrected chi connectivity index (χ1v) is 5.53. The number of allylic oxidation sites excluding steroid dienone is 4. The minimum absolute atomic E-state index is 0.239. The molecular weight excluding hydrogens is 224 g/mol. The molecule has 1 aliphatic rings. The van der Waals surface area contributed by atoms with Crippen molar-refractivity contribution in [1.82, 2.24) is 9.97 Å². The van der Waals surface area contributed by atoms with Crippen LogP contribution < -0.4 is 4.74 Å². The lowest BCUT2D eigenvalue weighted by molar-refractivity contribution is 0.409. The highest BCUT2D eigenvalue weighted by molar-refractivity contribution is 6.28. The molecule has 16 heavy (non-hydrogen) atoms. The van der Waals surface area contributed by atoms with Crippen molar-refractivity contribution >= 4 is 17.2 Å². The molecule has 4 heteroatoms. The van der Waals surface area contributed by atoms with Crippen LogP contribution in [0, 0.1) is 5.92 Å². The Morgan fingerprint density at radius 2 is 2.31 bits per heavy atom. The molecule has 0 saturated heterocycles. The Morgan fingerprint density at radius 1 is 1.50 bits per heavy atom. The van der Waals surface area contributed by atoms with Gasteiger partial charge < -0.3 is 4.74 Å². The quantitative estimate of drug-likeness (QED) is 0.740. The molecule has 0 bridgehead atoms. The van der Waals surface area contributed by atoms with E-state index >= 15 is 0 Å². The van der Waals surface area contributed by atoms with Crippen molar-refractivity contribution in [2.24, 2.45) is 5.92 Å². The van der Waals surface area contributed by atoms with Gasteiger partial charge in [-0.25, -0.2) is 9.97 Å². The predicted molar refractivity (Wildman–Crippen MR) is 64.5 cm³/mol. The minimum atomic E-state index is 0.239. The number of methoxy groups -OCH3 is 1. The van der Waals surface area contributed by atoms with Gasteiger partial charge >= 0.3 is 0 Å². The van der Waals surface area contributed by atoms with E-state index in [0.29, 0.717) is 11.7 Å². The van der Waals surface area contributed by atoms with Crippen LogP contribution in [0.1, 0.15) is 19.0 Å². The molecule has 3 nitrogen and oxygen atoms in total. The molecule has 1 unspecified atom stereocenters. The van der Waals surface area contributed by atoms with Gasteiger partial charge in [0.05, 0.1) is 13.3 Å². The van der Waals surface area contributed by atoms with Crippen molar-refractivity contribution in [3.63, 3.8) is 0 Å². The zero-order valence-electron chi connectivity index (χ0n) is 9.27. The van der Waals surface area contributed by atoms with Crippen LogP contribution in [-0.2, 0) is 0 Å².